The molecule has 0 amide bonds. The van der Waals surface area contributed by atoms with E-state index in [1.165, 1.54) is 0 Å². The number of furan rings is 1. The van der Waals surface area contributed by atoms with Crippen molar-refractivity contribution in [3.63, 3.8) is 0 Å². The predicted molar refractivity (Wildman–Crippen MR) is 89.8 cm³/mol. The van der Waals surface area contributed by atoms with Gasteiger partial charge in [-0.15, -0.1) is 0 Å². The number of rotatable bonds is 6. The van der Waals surface area contributed by atoms with Gasteiger partial charge in [0.25, 0.3) is 0 Å². The third-order valence-corrected chi connectivity index (χ3v) is 3.67. The number of nitrogens with one attached hydrogen (secondary N) is 2. The molecule has 0 aliphatic carbocycles. The van der Waals surface area contributed by atoms with Crippen molar-refractivity contribution >= 4 is 5.96 Å². The first kappa shape index (κ1) is 16.3. The smallest absolute Gasteiger partial charge is 0.213 e. The molecule has 3 rings (SSSR count). The molecule has 0 saturated carbocycles. The number of aromatic nitrogens is 1. The zero-order valence-corrected chi connectivity index (χ0v) is 13.7. The van der Waals surface area contributed by atoms with Crippen molar-refractivity contribution in [2.75, 3.05) is 20.3 Å². The highest BCUT2D eigenvalue weighted by molar-refractivity contribution is 5.79. The minimum atomic E-state index is 0.100. The first-order valence-corrected chi connectivity index (χ1v) is 8.00. The molecule has 1 aliphatic rings. The third kappa shape index (κ3) is 4.73. The Hall–Kier alpha value is -2.54. The van der Waals surface area contributed by atoms with Crippen molar-refractivity contribution in [1.82, 2.24) is 15.6 Å². The Morgan fingerprint density at radius 1 is 1.38 bits per heavy atom. The predicted octanol–water partition coefficient (Wildman–Crippen LogP) is 1.71. The molecular weight excluding hydrogens is 308 g/mol. The van der Waals surface area contributed by atoms with Crippen LogP contribution in [0.2, 0.25) is 0 Å². The Morgan fingerprint density at radius 2 is 2.29 bits per heavy atom. The van der Waals surface area contributed by atoms with Crippen LogP contribution in [0.1, 0.15) is 17.7 Å². The van der Waals surface area contributed by atoms with E-state index in [2.05, 4.69) is 20.6 Å². The van der Waals surface area contributed by atoms with E-state index in [9.17, 15) is 0 Å². The molecular formula is C17H22N4O3. The molecule has 2 N–H and O–H groups in total. The van der Waals surface area contributed by atoms with E-state index in [-0.39, 0.29) is 6.10 Å². The van der Waals surface area contributed by atoms with Crippen molar-refractivity contribution in [2.24, 2.45) is 4.99 Å². The third-order valence-electron chi connectivity index (χ3n) is 3.67. The summed E-state index contributed by atoms with van der Waals surface area (Å²) in [7, 11) is 1.73. The van der Waals surface area contributed by atoms with Gasteiger partial charge in [0.2, 0.25) is 5.88 Å². The van der Waals surface area contributed by atoms with Crippen LogP contribution < -0.4 is 15.4 Å². The summed E-state index contributed by atoms with van der Waals surface area (Å²) in [6.07, 6.45) is 4.42. The van der Waals surface area contributed by atoms with Crippen LogP contribution in [0.25, 0.3) is 0 Å². The van der Waals surface area contributed by atoms with Gasteiger partial charge in [-0.1, -0.05) is 0 Å². The molecule has 0 bridgehead atoms. The summed E-state index contributed by atoms with van der Waals surface area (Å²) < 4.78 is 16.4. The van der Waals surface area contributed by atoms with Crippen LogP contribution in [0, 0.1) is 0 Å². The second-order valence-corrected chi connectivity index (χ2v) is 5.46. The number of ether oxygens (including phenoxy) is 2. The highest BCUT2D eigenvalue weighted by Gasteiger charge is 2.17. The fourth-order valence-corrected chi connectivity index (χ4v) is 2.39. The van der Waals surface area contributed by atoms with Gasteiger partial charge >= 0.3 is 0 Å². The number of nitrogens with zero attached hydrogens (tertiary/aromatic N) is 2. The Bertz CT molecular complexity index is 652. The van der Waals surface area contributed by atoms with Gasteiger partial charge in [-0.3, -0.25) is 4.99 Å². The monoisotopic (exact) mass is 330 g/mol. The molecule has 7 nitrogen and oxygen atoms in total. The molecule has 1 fully saturated rings. The van der Waals surface area contributed by atoms with Crippen LogP contribution in [0.5, 0.6) is 5.88 Å². The molecule has 2 aromatic rings. The van der Waals surface area contributed by atoms with Crippen molar-refractivity contribution in [3.05, 3.63) is 48.0 Å². The van der Waals surface area contributed by atoms with Gasteiger partial charge in [-0.2, -0.15) is 0 Å². The maximum absolute atomic E-state index is 5.82. The zero-order chi connectivity index (χ0) is 16.6. The van der Waals surface area contributed by atoms with E-state index in [1.54, 1.807) is 19.5 Å². The Labute approximate surface area is 141 Å². The summed E-state index contributed by atoms with van der Waals surface area (Å²) in [4.78, 5) is 8.45. The lowest BCUT2D eigenvalue weighted by Crippen LogP contribution is -2.36. The number of aliphatic imine (C=N–C) groups is 1. The van der Waals surface area contributed by atoms with E-state index >= 15 is 0 Å². The first-order valence-electron chi connectivity index (χ1n) is 8.00. The minimum absolute atomic E-state index is 0.100. The first-order chi connectivity index (χ1) is 11.8. The minimum Gasteiger partial charge on any atom is -0.472 e. The van der Waals surface area contributed by atoms with Gasteiger partial charge in [-0.25, -0.2) is 4.98 Å². The van der Waals surface area contributed by atoms with Crippen LogP contribution in [0.15, 0.2) is 46.1 Å². The van der Waals surface area contributed by atoms with Crippen molar-refractivity contribution in [1.29, 1.82) is 0 Å². The van der Waals surface area contributed by atoms with Crippen molar-refractivity contribution in [3.8, 4) is 5.88 Å². The maximum Gasteiger partial charge on any atom is 0.213 e. The SMILES string of the molecule is CN=C(NCc1ccnc(OC2CCOC2)c1)NCc1ccco1. The standard InChI is InChI=1S/C17H22N4O3/c1-18-17(21-11-14-3-2-7-23-14)20-10-13-4-6-19-16(9-13)24-15-5-8-22-12-15/h2-4,6-7,9,15H,5,8,10-12H2,1H3,(H2,18,20,21). The van der Waals surface area contributed by atoms with Gasteiger partial charge in [0.1, 0.15) is 11.9 Å². The topological polar surface area (TPSA) is 80.9 Å². The number of hydrogen-bond acceptors (Lipinski definition) is 5. The van der Waals surface area contributed by atoms with E-state index < -0.39 is 0 Å². The Balaban J connectivity index is 1.49. The van der Waals surface area contributed by atoms with Gasteiger partial charge < -0.3 is 24.5 Å². The summed E-state index contributed by atoms with van der Waals surface area (Å²) in [5.41, 5.74) is 1.07. The molecule has 3 heterocycles. The van der Waals surface area contributed by atoms with Gasteiger partial charge in [0, 0.05) is 32.3 Å². The lowest BCUT2D eigenvalue weighted by molar-refractivity contribution is 0.138. The molecule has 0 radical (unpaired) electrons. The van der Waals surface area contributed by atoms with Crippen LogP contribution in [0.3, 0.4) is 0 Å². The molecule has 0 aromatic carbocycles. The summed E-state index contributed by atoms with van der Waals surface area (Å²) in [5.74, 6) is 2.19. The second kappa shape index (κ2) is 8.35. The Kier molecular flexibility index (Phi) is 5.68. The average Bonchev–Trinajstić information content (AvgIpc) is 3.29. The molecule has 1 unspecified atom stereocenters. The van der Waals surface area contributed by atoms with E-state index in [4.69, 9.17) is 13.9 Å². The summed E-state index contributed by atoms with van der Waals surface area (Å²) in [6, 6.07) is 7.66. The van der Waals surface area contributed by atoms with Crippen molar-refractivity contribution < 1.29 is 13.9 Å². The van der Waals surface area contributed by atoms with Gasteiger partial charge in [0.05, 0.1) is 26.0 Å². The number of hydrogen-bond donors (Lipinski definition) is 2. The zero-order valence-electron chi connectivity index (χ0n) is 13.7. The second-order valence-electron chi connectivity index (χ2n) is 5.46. The quantitative estimate of drug-likeness (QED) is 0.620. The molecule has 1 aliphatic heterocycles. The van der Waals surface area contributed by atoms with Gasteiger partial charge in [0.15, 0.2) is 5.96 Å². The highest BCUT2D eigenvalue weighted by Crippen LogP contribution is 2.15. The van der Waals surface area contributed by atoms with Crippen LogP contribution in [0.4, 0.5) is 0 Å². The number of pyridine rings is 1. The van der Waals surface area contributed by atoms with E-state index in [1.807, 2.05) is 24.3 Å². The Morgan fingerprint density at radius 3 is 3.04 bits per heavy atom. The molecule has 2 aromatic heterocycles. The molecule has 24 heavy (non-hydrogen) atoms. The summed E-state index contributed by atoms with van der Waals surface area (Å²) in [6.45, 7) is 2.59. The summed E-state index contributed by atoms with van der Waals surface area (Å²) >= 11 is 0. The van der Waals surface area contributed by atoms with Gasteiger partial charge in [-0.05, 0) is 23.8 Å². The van der Waals surface area contributed by atoms with Crippen molar-refractivity contribution in [2.45, 2.75) is 25.6 Å². The van der Waals surface area contributed by atoms with Crippen LogP contribution >= 0.6 is 0 Å². The lowest BCUT2D eigenvalue weighted by atomic mass is 10.2. The van der Waals surface area contributed by atoms with E-state index in [0.717, 1.165) is 24.4 Å². The molecule has 1 saturated heterocycles. The molecule has 1 atom stereocenters. The highest BCUT2D eigenvalue weighted by atomic mass is 16.5. The van der Waals surface area contributed by atoms with Crippen LogP contribution in [-0.4, -0.2) is 37.3 Å². The molecule has 0 spiro atoms. The summed E-state index contributed by atoms with van der Waals surface area (Å²) in [5, 5.41) is 6.46. The molecule has 7 heteroatoms. The largest absolute Gasteiger partial charge is 0.472 e. The maximum atomic E-state index is 5.82. The normalized spacial score (nSPS) is 17.7. The number of guanidine groups is 1. The van der Waals surface area contributed by atoms with Crippen LogP contribution in [-0.2, 0) is 17.8 Å². The van der Waals surface area contributed by atoms with E-state index in [0.29, 0.717) is 31.5 Å². The lowest BCUT2D eigenvalue weighted by Gasteiger charge is -2.13. The fraction of sp³-hybridized carbons (Fsp3) is 0.412. The molecule has 128 valence electrons. The average molecular weight is 330 g/mol. The fourth-order valence-electron chi connectivity index (χ4n) is 2.39.